The first-order valence-electron chi connectivity index (χ1n) is 17.9. The van der Waals surface area contributed by atoms with Gasteiger partial charge in [0.05, 0.1) is 11.4 Å². The van der Waals surface area contributed by atoms with Gasteiger partial charge in [-0.25, -0.2) is 4.79 Å². The average Bonchev–Trinajstić information content (AvgIpc) is 3.35. The third-order valence-corrected chi connectivity index (χ3v) is 10.0. The fourth-order valence-electron chi connectivity index (χ4n) is 7.33. The largest absolute Gasteiger partial charge is 0.368 e. The van der Waals surface area contributed by atoms with Gasteiger partial charge in [0.15, 0.2) is 0 Å². The van der Waals surface area contributed by atoms with Crippen LogP contribution in [0.4, 0.5) is 21.9 Å². The van der Waals surface area contributed by atoms with Crippen molar-refractivity contribution in [3.8, 4) is 0 Å². The number of urea groups is 1. The summed E-state index contributed by atoms with van der Waals surface area (Å²) in [5.41, 5.74) is 8.81. The molecule has 260 valence electrons. The number of hydrogen-bond donors (Lipinski definition) is 5. The lowest BCUT2D eigenvalue weighted by atomic mass is 9.84. The third-order valence-electron chi connectivity index (χ3n) is 10.0. The van der Waals surface area contributed by atoms with Crippen molar-refractivity contribution in [2.45, 2.75) is 83.1 Å². The molecule has 2 aliphatic heterocycles. The maximum absolute atomic E-state index is 13.3. The number of nitrogens with two attached hydrogens (primary N) is 1. The van der Waals surface area contributed by atoms with Gasteiger partial charge in [0.1, 0.15) is 6.04 Å². The molecule has 2 heterocycles. The normalized spacial score (nSPS) is 18.4. The number of carbonyl (C=O) groups is 4. The number of hydrogen-bond acceptors (Lipinski definition) is 6. The number of nitrogens with zero attached hydrogens (tertiary/aromatic N) is 2. The van der Waals surface area contributed by atoms with E-state index in [1.54, 1.807) is 6.07 Å². The van der Waals surface area contributed by atoms with Crippen molar-refractivity contribution in [2.24, 2.45) is 17.6 Å². The van der Waals surface area contributed by atoms with Gasteiger partial charge in [-0.15, -0.1) is 0 Å². The van der Waals surface area contributed by atoms with Crippen LogP contribution in [-0.2, 0) is 20.8 Å². The molecule has 5 rings (SSSR count). The SMILES string of the molecule is NC(=O)C(CC1CCCCC1)NC(=O)Nc1ccc(N2CCCN(C(=O)C3CCNCC3)CC2)c(NC(=O)CCCc2ccccc2)c1. The first-order chi connectivity index (χ1) is 23.4. The van der Waals surface area contributed by atoms with E-state index in [-0.39, 0.29) is 17.7 Å². The number of amides is 5. The number of nitrogens with one attached hydrogen (secondary N) is 4. The van der Waals surface area contributed by atoms with Crippen molar-refractivity contribution in [1.29, 1.82) is 0 Å². The summed E-state index contributed by atoms with van der Waals surface area (Å²) in [6.45, 7) is 4.47. The van der Waals surface area contributed by atoms with Crippen molar-refractivity contribution < 1.29 is 19.2 Å². The van der Waals surface area contributed by atoms with Gasteiger partial charge in [-0.1, -0.05) is 62.4 Å². The molecule has 1 aliphatic carbocycles. The zero-order valence-electron chi connectivity index (χ0n) is 28.2. The highest BCUT2D eigenvalue weighted by atomic mass is 16.2. The molecule has 1 unspecified atom stereocenters. The minimum Gasteiger partial charge on any atom is -0.368 e. The second kappa shape index (κ2) is 17.9. The van der Waals surface area contributed by atoms with E-state index >= 15 is 0 Å². The van der Waals surface area contributed by atoms with Crippen LogP contribution in [0.15, 0.2) is 48.5 Å². The summed E-state index contributed by atoms with van der Waals surface area (Å²) in [7, 11) is 0. The van der Waals surface area contributed by atoms with Crippen LogP contribution in [0.3, 0.4) is 0 Å². The van der Waals surface area contributed by atoms with Crippen LogP contribution in [-0.4, -0.2) is 74.0 Å². The van der Waals surface area contributed by atoms with Gasteiger partial charge in [0.25, 0.3) is 0 Å². The van der Waals surface area contributed by atoms with E-state index in [1.807, 2.05) is 35.2 Å². The van der Waals surface area contributed by atoms with Gasteiger partial charge < -0.3 is 36.8 Å². The third kappa shape index (κ3) is 10.4. The lowest BCUT2D eigenvalue weighted by Crippen LogP contribution is -2.47. The van der Waals surface area contributed by atoms with Crippen molar-refractivity contribution in [1.82, 2.24) is 15.5 Å². The van der Waals surface area contributed by atoms with Crippen LogP contribution in [0.25, 0.3) is 0 Å². The summed E-state index contributed by atoms with van der Waals surface area (Å²) in [4.78, 5) is 56.0. The summed E-state index contributed by atoms with van der Waals surface area (Å²) in [5.74, 6) is 0.0560. The lowest BCUT2D eigenvalue weighted by Gasteiger charge is -2.29. The monoisotopic (exact) mass is 659 g/mol. The Bertz CT molecular complexity index is 1380. The Morgan fingerprint density at radius 1 is 0.854 bits per heavy atom. The Morgan fingerprint density at radius 3 is 2.38 bits per heavy atom. The van der Waals surface area contributed by atoms with Crippen molar-refractivity contribution in [2.75, 3.05) is 54.8 Å². The maximum atomic E-state index is 13.3. The number of carbonyl (C=O) groups excluding carboxylic acids is 4. The number of primary amides is 1. The lowest BCUT2D eigenvalue weighted by molar-refractivity contribution is -0.136. The van der Waals surface area contributed by atoms with E-state index in [2.05, 4.69) is 38.3 Å². The van der Waals surface area contributed by atoms with Crippen molar-refractivity contribution >= 4 is 40.8 Å². The highest BCUT2D eigenvalue weighted by Gasteiger charge is 2.28. The fourth-order valence-corrected chi connectivity index (χ4v) is 7.33. The molecule has 48 heavy (non-hydrogen) atoms. The average molecular weight is 660 g/mol. The Balaban J connectivity index is 1.26. The quantitative estimate of drug-likeness (QED) is 0.224. The first-order valence-corrected chi connectivity index (χ1v) is 17.9. The van der Waals surface area contributed by atoms with Crippen molar-refractivity contribution in [3.05, 3.63) is 54.1 Å². The molecule has 6 N–H and O–H groups in total. The fraction of sp³-hybridized carbons (Fsp3) is 0.568. The molecule has 0 radical (unpaired) electrons. The maximum Gasteiger partial charge on any atom is 0.319 e. The van der Waals surface area contributed by atoms with Crippen LogP contribution < -0.4 is 31.9 Å². The Kier molecular flexibility index (Phi) is 13.1. The zero-order valence-corrected chi connectivity index (χ0v) is 28.2. The Labute approximate surface area is 284 Å². The van der Waals surface area contributed by atoms with E-state index in [1.165, 1.54) is 12.0 Å². The molecule has 11 heteroatoms. The van der Waals surface area contributed by atoms with Gasteiger partial charge in [-0.05, 0) is 81.3 Å². The van der Waals surface area contributed by atoms with Gasteiger partial charge in [-0.2, -0.15) is 0 Å². The van der Waals surface area contributed by atoms with Crippen molar-refractivity contribution in [3.63, 3.8) is 0 Å². The topological polar surface area (TPSA) is 149 Å². The predicted molar refractivity (Wildman–Crippen MR) is 190 cm³/mol. The number of anilines is 3. The summed E-state index contributed by atoms with van der Waals surface area (Å²) in [5, 5.41) is 12.1. The minimum absolute atomic E-state index is 0.0804. The molecular weight excluding hydrogens is 606 g/mol. The summed E-state index contributed by atoms with van der Waals surface area (Å²) in [6, 6.07) is 14.3. The zero-order chi connectivity index (χ0) is 33.7. The molecule has 1 saturated carbocycles. The molecule has 0 bridgehead atoms. The Hall–Kier alpha value is -4.12. The van der Waals surface area contributed by atoms with Crippen LogP contribution >= 0.6 is 0 Å². The molecule has 0 aromatic heterocycles. The van der Waals surface area contributed by atoms with Crippen LogP contribution in [0, 0.1) is 11.8 Å². The second-order valence-electron chi connectivity index (χ2n) is 13.6. The molecule has 3 aliphatic rings. The summed E-state index contributed by atoms with van der Waals surface area (Å²) in [6.07, 6.45) is 10.6. The highest BCUT2D eigenvalue weighted by Crippen LogP contribution is 2.31. The van der Waals surface area contributed by atoms with Crippen LogP contribution in [0.2, 0.25) is 0 Å². The molecule has 2 aromatic rings. The minimum atomic E-state index is -0.746. The van der Waals surface area contributed by atoms with E-state index in [4.69, 9.17) is 5.73 Å². The predicted octanol–water partition coefficient (Wildman–Crippen LogP) is 4.63. The standard InChI is InChI=1S/C37H53N7O4/c38-35(46)32(25-28-11-5-2-6-12-28)42-37(48)40-30-15-16-33(31(26-30)41-34(45)14-7-13-27-9-3-1-4-10-27)43-21-8-22-44(24-23-43)36(47)29-17-19-39-20-18-29/h1,3-4,9-10,15-16,26,28-29,32,39H,2,5-8,11-14,17-25H2,(H2,38,46)(H,41,45)(H2,40,42,48). The van der Waals surface area contributed by atoms with Crippen LogP contribution in [0.5, 0.6) is 0 Å². The molecule has 2 saturated heterocycles. The number of rotatable bonds is 12. The molecule has 11 nitrogen and oxygen atoms in total. The van der Waals surface area contributed by atoms with Gasteiger partial charge in [-0.3, -0.25) is 14.4 Å². The highest BCUT2D eigenvalue weighted by molar-refractivity contribution is 5.98. The van der Waals surface area contributed by atoms with Gasteiger partial charge in [0, 0.05) is 44.2 Å². The van der Waals surface area contributed by atoms with E-state index in [9.17, 15) is 19.2 Å². The number of piperidine rings is 1. The molecule has 5 amide bonds. The van der Waals surface area contributed by atoms with Crippen LogP contribution in [0.1, 0.15) is 76.2 Å². The van der Waals surface area contributed by atoms with E-state index in [0.717, 1.165) is 76.7 Å². The first kappa shape index (κ1) is 35.2. The molecule has 1 atom stereocenters. The van der Waals surface area contributed by atoms with Gasteiger partial charge in [0.2, 0.25) is 17.7 Å². The van der Waals surface area contributed by atoms with Gasteiger partial charge >= 0.3 is 6.03 Å². The molecule has 3 fully saturated rings. The Morgan fingerprint density at radius 2 is 1.62 bits per heavy atom. The summed E-state index contributed by atoms with van der Waals surface area (Å²) < 4.78 is 0. The number of benzene rings is 2. The number of aryl methyl sites for hydroxylation is 1. The van der Waals surface area contributed by atoms with E-state index in [0.29, 0.717) is 56.2 Å². The summed E-state index contributed by atoms with van der Waals surface area (Å²) >= 11 is 0. The molecular formula is C37H53N7O4. The second-order valence-corrected chi connectivity index (χ2v) is 13.6. The molecule has 0 spiro atoms. The van der Waals surface area contributed by atoms with E-state index < -0.39 is 18.0 Å². The smallest absolute Gasteiger partial charge is 0.319 e. The molecule has 2 aromatic carbocycles.